The molecular formula is C27H24ClFN4O4. The maximum atomic E-state index is 13.6. The number of carbonyl (C=O) groups is 1. The van der Waals surface area contributed by atoms with Crippen molar-refractivity contribution in [3.05, 3.63) is 65.4 Å². The highest BCUT2D eigenvalue weighted by Gasteiger charge is 2.15. The highest BCUT2D eigenvalue weighted by molar-refractivity contribution is 6.31. The summed E-state index contributed by atoms with van der Waals surface area (Å²) in [6.45, 7) is 0. The molecule has 0 aliphatic heterocycles. The van der Waals surface area contributed by atoms with Gasteiger partial charge in [-0.3, -0.25) is 10.0 Å². The Labute approximate surface area is 217 Å². The summed E-state index contributed by atoms with van der Waals surface area (Å²) in [4.78, 5) is 19.7. The van der Waals surface area contributed by atoms with Crippen molar-refractivity contribution in [3.8, 4) is 28.9 Å². The first-order valence-corrected chi connectivity index (χ1v) is 11.9. The number of nitrogens with zero attached hydrogens (tertiary/aromatic N) is 2. The van der Waals surface area contributed by atoms with Crippen LogP contribution >= 0.6 is 11.6 Å². The van der Waals surface area contributed by atoms with Gasteiger partial charge in [0.15, 0.2) is 5.76 Å². The number of hydrogen-bond acceptors (Lipinski definition) is 7. The molecule has 1 amide bonds. The van der Waals surface area contributed by atoms with Gasteiger partial charge < -0.3 is 14.5 Å². The van der Waals surface area contributed by atoms with Crippen molar-refractivity contribution in [1.29, 1.82) is 0 Å². The normalized spacial score (nSPS) is 10.6. The second kappa shape index (κ2) is 12.2. The van der Waals surface area contributed by atoms with Crippen LogP contribution in [0.15, 0.2) is 53.2 Å². The van der Waals surface area contributed by atoms with E-state index in [1.54, 1.807) is 30.8 Å². The fourth-order valence-corrected chi connectivity index (χ4v) is 3.87. The molecule has 0 spiro atoms. The molecule has 8 nitrogen and oxygen atoms in total. The average molecular weight is 523 g/mol. The van der Waals surface area contributed by atoms with Gasteiger partial charge in [0.2, 0.25) is 5.91 Å². The summed E-state index contributed by atoms with van der Waals surface area (Å²) < 4.78 is 25.1. The number of furan rings is 1. The molecule has 0 atom stereocenters. The van der Waals surface area contributed by atoms with E-state index in [0.29, 0.717) is 64.5 Å². The molecule has 0 bridgehead atoms. The van der Waals surface area contributed by atoms with E-state index in [1.165, 1.54) is 18.5 Å². The molecule has 4 rings (SSSR count). The molecule has 0 saturated heterocycles. The molecule has 37 heavy (non-hydrogen) atoms. The van der Waals surface area contributed by atoms with Gasteiger partial charge in [0.05, 0.1) is 23.2 Å². The lowest BCUT2D eigenvalue weighted by atomic mass is 10.1. The summed E-state index contributed by atoms with van der Waals surface area (Å²) in [5, 5.41) is 12.4. The van der Waals surface area contributed by atoms with Gasteiger partial charge >= 0.3 is 0 Å². The lowest BCUT2D eigenvalue weighted by Gasteiger charge is -2.12. The molecule has 2 aromatic heterocycles. The zero-order valence-electron chi connectivity index (χ0n) is 20.0. The Hall–Kier alpha value is -4.13. The number of unbranched alkanes of at least 4 members (excludes halogenated alkanes) is 3. The minimum absolute atomic E-state index is 0.00374. The van der Waals surface area contributed by atoms with Crippen molar-refractivity contribution in [1.82, 2.24) is 15.4 Å². The number of carbonyl (C=O) groups excluding carboxylic acids is 1. The van der Waals surface area contributed by atoms with Crippen LogP contribution in [0.3, 0.4) is 0 Å². The molecule has 2 heterocycles. The predicted molar refractivity (Wildman–Crippen MR) is 138 cm³/mol. The second-order valence-corrected chi connectivity index (χ2v) is 8.51. The summed E-state index contributed by atoms with van der Waals surface area (Å²) in [6, 6.07) is 11.6. The summed E-state index contributed by atoms with van der Waals surface area (Å²) in [5.41, 5.74) is 3.55. The number of ether oxygens (including phenoxy) is 1. The molecule has 190 valence electrons. The summed E-state index contributed by atoms with van der Waals surface area (Å²) in [5.74, 6) is 7.38. The standard InChI is InChI=1S/C27H24ClFN4O4/c1-36-25-15-23-19(27(31-16-30-23)32-17-9-11-22(29)21(28)13-17)14-20(25)24-12-10-18(37-24)7-5-3-2-4-6-8-26(34)33-35/h9-16,35H,2-4,6,8H2,1H3,(H,33,34)(H,30,31,32). The molecule has 0 unspecified atom stereocenters. The third kappa shape index (κ3) is 6.55. The van der Waals surface area contributed by atoms with Gasteiger partial charge in [-0.05, 0) is 55.2 Å². The van der Waals surface area contributed by atoms with Gasteiger partial charge in [0.25, 0.3) is 0 Å². The number of hydroxylamine groups is 1. The Morgan fingerprint density at radius 3 is 2.81 bits per heavy atom. The maximum absolute atomic E-state index is 13.6. The van der Waals surface area contributed by atoms with Crippen molar-refractivity contribution < 1.29 is 23.5 Å². The van der Waals surface area contributed by atoms with E-state index in [2.05, 4.69) is 27.1 Å². The second-order valence-electron chi connectivity index (χ2n) is 8.11. The van der Waals surface area contributed by atoms with Gasteiger partial charge in [-0.25, -0.2) is 19.8 Å². The largest absolute Gasteiger partial charge is 0.496 e. The number of amides is 1. The van der Waals surface area contributed by atoms with Crippen molar-refractivity contribution in [2.45, 2.75) is 32.1 Å². The van der Waals surface area contributed by atoms with Gasteiger partial charge in [-0.1, -0.05) is 23.9 Å². The number of nitrogens with one attached hydrogen (secondary N) is 2. The Morgan fingerprint density at radius 2 is 2.03 bits per heavy atom. The molecule has 0 saturated carbocycles. The molecule has 0 aliphatic rings. The van der Waals surface area contributed by atoms with Crippen LogP contribution < -0.4 is 15.5 Å². The van der Waals surface area contributed by atoms with Gasteiger partial charge in [0.1, 0.15) is 29.5 Å². The first kappa shape index (κ1) is 25.9. The van der Waals surface area contributed by atoms with Crippen LogP contribution in [0.2, 0.25) is 5.02 Å². The van der Waals surface area contributed by atoms with E-state index < -0.39 is 5.82 Å². The predicted octanol–water partition coefficient (Wildman–Crippen LogP) is 6.24. The molecule has 4 aromatic rings. The third-order valence-corrected chi connectivity index (χ3v) is 5.84. The van der Waals surface area contributed by atoms with Crippen LogP contribution in [0.1, 0.15) is 37.9 Å². The fraction of sp³-hybridized carbons (Fsp3) is 0.222. The quantitative estimate of drug-likeness (QED) is 0.103. The van der Waals surface area contributed by atoms with Crippen molar-refractivity contribution in [2.24, 2.45) is 0 Å². The Bertz CT molecular complexity index is 1480. The number of benzene rings is 2. The first-order valence-electron chi connectivity index (χ1n) is 11.6. The maximum Gasteiger partial charge on any atom is 0.243 e. The monoisotopic (exact) mass is 522 g/mol. The number of aromatic nitrogens is 2. The molecule has 10 heteroatoms. The van der Waals surface area contributed by atoms with Crippen LogP contribution in [-0.4, -0.2) is 28.2 Å². The number of anilines is 2. The van der Waals surface area contributed by atoms with Crippen molar-refractivity contribution >= 4 is 39.9 Å². The molecule has 0 aliphatic carbocycles. The lowest BCUT2D eigenvalue weighted by molar-refractivity contribution is -0.129. The third-order valence-electron chi connectivity index (χ3n) is 5.55. The minimum Gasteiger partial charge on any atom is -0.496 e. The van der Waals surface area contributed by atoms with Crippen molar-refractivity contribution in [2.75, 3.05) is 12.4 Å². The van der Waals surface area contributed by atoms with Crippen LogP contribution in [-0.2, 0) is 4.79 Å². The lowest BCUT2D eigenvalue weighted by Crippen LogP contribution is -2.17. The Morgan fingerprint density at radius 1 is 1.16 bits per heavy atom. The van der Waals surface area contributed by atoms with Gasteiger partial charge in [-0.2, -0.15) is 0 Å². The van der Waals surface area contributed by atoms with E-state index >= 15 is 0 Å². The highest BCUT2D eigenvalue weighted by atomic mass is 35.5. The van der Waals surface area contributed by atoms with E-state index in [0.717, 1.165) is 12.8 Å². The van der Waals surface area contributed by atoms with Gasteiger partial charge in [-0.15, -0.1) is 0 Å². The Balaban J connectivity index is 1.53. The topological polar surface area (TPSA) is 110 Å². The number of rotatable bonds is 9. The number of methoxy groups -OCH3 is 1. The number of fused-ring (bicyclic) bond motifs is 1. The molecule has 2 aromatic carbocycles. The number of halogens is 2. The van der Waals surface area contributed by atoms with E-state index in [1.807, 2.05) is 12.1 Å². The number of hydrogen-bond donors (Lipinski definition) is 3. The zero-order chi connectivity index (χ0) is 26.2. The van der Waals surface area contributed by atoms with Crippen LogP contribution in [0.25, 0.3) is 22.2 Å². The fourth-order valence-electron chi connectivity index (χ4n) is 3.69. The highest BCUT2D eigenvalue weighted by Crippen LogP contribution is 2.37. The molecular weight excluding hydrogens is 499 g/mol. The van der Waals surface area contributed by atoms with E-state index in [-0.39, 0.29) is 10.9 Å². The van der Waals surface area contributed by atoms with Gasteiger partial charge in [0, 0.05) is 30.0 Å². The Kier molecular flexibility index (Phi) is 8.56. The first-order chi connectivity index (χ1) is 18.0. The minimum atomic E-state index is -0.504. The zero-order valence-corrected chi connectivity index (χ0v) is 20.7. The van der Waals surface area contributed by atoms with Crippen molar-refractivity contribution in [3.63, 3.8) is 0 Å². The smallest absolute Gasteiger partial charge is 0.243 e. The summed E-state index contributed by atoms with van der Waals surface area (Å²) in [7, 11) is 1.57. The molecule has 0 radical (unpaired) electrons. The van der Waals surface area contributed by atoms with Crippen LogP contribution in [0, 0.1) is 17.7 Å². The average Bonchev–Trinajstić information content (AvgIpc) is 3.38. The molecule has 3 N–H and O–H groups in total. The summed E-state index contributed by atoms with van der Waals surface area (Å²) in [6.07, 6.45) is 4.75. The van der Waals surface area contributed by atoms with E-state index in [4.69, 9.17) is 26.0 Å². The SMILES string of the molecule is COc1cc2ncnc(Nc3ccc(F)c(Cl)c3)c2cc1-c1ccc(C#CCCCCCC(=O)NO)o1. The molecule has 0 fully saturated rings. The van der Waals surface area contributed by atoms with Crippen LogP contribution in [0.4, 0.5) is 15.9 Å². The van der Waals surface area contributed by atoms with E-state index in [9.17, 15) is 9.18 Å². The van der Waals surface area contributed by atoms with Crippen LogP contribution in [0.5, 0.6) is 5.75 Å². The summed E-state index contributed by atoms with van der Waals surface area (Å²) >= 11 is 5.92.